The first-order valence-electron chi connectivity index (χ1n) is 3.91. The average molecular weight is 268 g/mol. The number of halogens is 4. The van der Waals surface area contributed by atoms with Gasteiger partial charge in [-0.2, -0.15) is 13.2 Å². The molecule has 14 heavy (non-hydrogen) atoms. The van der Waals surface area contributed by atoms with E-state index in [4.69, 9.17) is 0 Å². The van der Waals surface area contributed by atoms with Gasteiger partial charge in [-0.05, 0) is 24.6 Å². The number of benzene rings is 1. The molecule has 0 saturated carbocycles. The molecule has 1 aromatic carbocycles. The van der Waals surface area contributed by atoms with Crippen molar-refractivity contribution >= 4 is 21.6 Å². The zero-order valence-corrected chi connectivity index (χ0v) is 9.25. The molecule has 0 spiro atoms. The van der Waals surface area contributed by atoms with Crippen LogP contribution in [0.15, 0.2) is 16.6 Å². The molecule has 0 aliphatic rings. The first-order chi connectivity index (χ1) is 6.36. The molecule has 0 fully saturated rings. The number of anilines is 1. The van der Waals surface area contributed by atoms with Crippen molar-refractivity contribution in [2.24, 2.45) is 0 Å². The van der Waals surface area contributed by atoms with Crippen LogP contribution in [0.2, 0.25) is 0 Å². The predicted molar refractivity (Wildman–Crippen MR) is 53.4 cm³/mol. The van der Waals surface area contributed by atoms with E-state index in [2.05, 4.69) is 21.2 Å². The highest BCUT2D eigenvalue weighted by Gasteiger charge is 2.33. The fraction of sp³-hybridized carbons (Fsp3) is 0.333. The van der Waals surface area contributed by atoms with E-state index < -0.39 is 11.7 Å². The summed E-state index contributed by atoms with van der Waals surface area (Å²) in [5.74, 6) is 0. The number of rotatable bonds is 1. The molecule has 0 bridgehead atoms. The number of hydrogen-bond acceptors (Lipinski definition) is 1. The Balaban J connectivity index is 3.37. The van der Waals surface area contributed by atoms with Crippen LogP contribution < -0.4 is 5.32 Å². The lowest BCUT2D eigenvalue weighted by Crippen LogP contribution is -2.09. The van der Waals surface area contributed by atoms with E-state index in [1.54, 1.807) is 13.1 Å². The van der Waals surface area contributed by atoms with Gasteiger partial charge in [-0.25, -0.2) is 0 Å². The topological polar surface area (TPSA) is 12.0 Å². The van der Waals surface area contributed by atoms with E-state index in [1.165, 1.54) is 6.92 Å². The SMILES string of the molecule is CNc1cc(Br)cc(C(F)(F)F)c1C. The third-order valence-electron chi connectivity index (χ3n) is 1.95. The lowest BCUT2D eigenvalue weighted by atomic mass is 10.1. The van der Waals surface area contributed by atoms with E-state index in [0.29, 0.717) is 10.2 Å². The minimum atomic E-state index is -4.31. The standard InChI is InChI=1S/C9H9BrF3N/c1-5-7(9(11,12)13)3-6(10)4-8(5)14-2/h3-4,14H,1-2H3. The summed E-state index contributed by atoms with van der Waals surface area (Å²) in [5, 5.41) is 2.72. The van der Waals surface area contributed by atoms with Crippen LogP contribution in [0.3, 0.4) is 0 Å². The fourth-order valence-corrected chi connectivity index (χ4v) is 1.69. The maximum atomic E-state index is 12.5. The van der Waals surface area contributed by atoms with E-state index in [1.807, 2.05) is 0 Å². The van der Waals surface area contributed by atoms with Gasteiger partial charge in [-0.1, -0.05) is 15.9 Å². The van der Waals surface area contributed by atoms with Crippen LogP contribution >= 0.6 is 15.9 Å². The van der Waals surface area contributed by atoms with Crippen LogP contribution in [0.4, 0.5) is 18.9 Å². The van der Waals surface area contributed by atoms with Gasteiger partial charge in [-0.15, -0.1) is 0 Å². The molecule has 1 nitrogen and oxygen atoms in total. The molecular weight excluding hydrogens is 259 g/mol. The highest BCUT2D eigenvalue weighted by molar-refractivity contribution is 9.10. The monoisotopic (exact) mass is 267 g/mol. The maximum absolute atomic E-state index is 12.5. The van der Waals surface area contributed by atoms with Gasteiger partial charge in [0.05, 0.1) is 5.56 Å². The van der Waals surface area contributed by atoms with Gasteiger partial charge in [0.25, 0.3) is 0 Å². The minimum absolute atomic E-state index is 0.211. The quantitative estimate of drug-likeness (QED) is 0.816. The lowest BCUT2D eigenvalue weighted by Gasteiger charge is -2.14. The normalized spacial score (nSPS) is 11.6. The highest BCUT2D eigenvalue weighted by Crippen LogP contribution is 2.36. The summed E-state index contributed by atoms with van der Waals surface area (Å²) in [5.41, 5.74) is 0.0751. The van der Waals surface area contributed by atoms with Crippen molar-refractivity contribution in [1.29, 1.82) is 0 Å². The van der Waals surface area contributed by atoms with Crippen molar-refractivity contribution in [3.05, 3.63) is 27.7 Å². The zero-order chi connectivity index (χ0) is 10.9. The van der Waals surface area contributed by atoms with Gasteiger partial charge >= 0.3 is 6.18 Å². The molecule has 0 aliphatic carbocycles. The Morgan fingerprint density at radius 3 is 2.29 bits per heavy atom. The Kier molecular flexibility index (Phi) is 3.09. The first-order valence-corrected chi connectivity index (χ1v) is 4.70. The van der Waals surface area contributed by atoms with Crippen molar-refractivity contribution < 1.29 is 13.2 Å². The second-order valence-corrected chi connectivity index (χ2v) is 3.79. The van der Waals surface area contributed by atoms with E-state index in [0.717, 1.165) is 6.07 Å². The van der Waals surface area contributed by atoms with Crippen LogP contribution in [0.5, 0.6) is 0 Å². The molecule has 0 unspecified atom stereocenters. The predicted octanol–water partition coefficient (Wildman–Crippen LogP) is 3.82. The van der Waals surface area contributed by atoms with Crippen LogP contribution in [0.1, 0.15) is 11.1 Å². The Hall–Kier alpha value is -0.710. The summed E-state index contributed by atoms with van der Waals surface area (Å²) in [6.07, 6.45) is -4.31. The van der Waals surface area contributed by atoms with Crippen LogP contribution in [0, 0.1) is 6.92 Å². The van der Waals surface area contributed by atoms with Crippen molar-refractivity contribution in [3.8, 4) is 0 Å². The van der Waals surface area contributed by atoms with Crippen LogP contribution in [-0.4, -0.2) is 7.05 Å². The largest absolute Gasteiger partial charge is 0.416 e. The Morgan fingerprint density at radius 1 is 1.29 bits per heavy atom. The van der Waals surface area contributed by atoms with Gasteiger partial charge < -0.3 is 5.32 Å². The summed E-state index contributed by atoms with van der Waals surface area (Å²) in [7, 11) is 1.59. The molecule has 1 aromatic rings. The number of nitrogens with one attached hydrogen (secondary N) is 1. The second-order valence-electron chi connectivity index (χ2n) is 2.87. The Morgan fingerprint density at radius 2 is 1.86 bits per heavy atom. The Labute approximate surface area is 88.4 Å². The highest BCUT2D eigenvalue weighted by atomic mass is 79.9. The third kappa shape index (κ3) is 2.20. The molecule has 1 N–H and O–H groups in total. The van der Waals surface area contributed by atoms with Gasteiger partial charge in [0, 0.05) is 17.2 Å². The molecule has 0 radical (unpaired) electrons. The van der Waals surface area contributed by atoms with Crippen LogP contribution in [0.25, 0.3) is 0 Å². The van der Waals surface area contributed by atoms with Crippen molar-refractivity contribution in [1.82, 2.24) is 0 Å². The maximum Gasteiger partial charge on any atom is 0.416 e. The number of hydrogen-bond donors (Lipinski definition) is 1. The molecule has 5 heteroatoms. The van der Waals surface area contributed by atoms with Gasteiger partial charge in [0.1, 0.15) is 0 Å². The summed E-state index contributed by atoms with van der Waals surface area (Å²) >= 11 is 3.04. The van der Waals surface area contributed by atoms with Gasteiger partial charge in [0.2, 0.25) is 0 Å². The Bertz CT molecular complexity index is 347. The van der Waals surface area contributed by atoms with Gasteiger partial charge in [-0.3, -0.25) is 0 Å². The third-order valence-corrected chi connectivity index (χ3v) is 2.41. The molecule has 0 aliphatic heterocycles. The smallest absolute Gasteiger partial charge is 0.388 e. The van der Waals surface area contributed by atoms with E-state index >= 15 is 0 Å². The van der Waals surface area contributed by atoms with E-state index in [9.17, 15) is 13.2 Å². The fourth-order valence-electron chi connectivity index (χ4n) is 1.23. The molecule has 0 amide bonds. The first kappa shape index (κ1) is 11.4. The van der Waals surface area contributed by atoms with Crippen molar-refractivity contribution in [2.75, 3.05) is 12.4 Å². The van der Waals surface area contributed by atoms with Crippen LogP contribution in [-0.2, 0) is 6.18 Å². The summed E-state index contributed by atoms with van der Waals surface area (Å²) in [6.45, 7) is 1.45. The van der Waals surface area contributed by atoms with Crippen molar-refractivity contribution in [3.63, 3.8) is 0 Å². The minimum Gasteiger partial charge on any atom is -0.388 e. The lowest BCUT2D eigenvalue weighted by molar-refractivity contribution is -0.138. The average Bonchev–Trinajstić information content (AvgIpc) is 2.06. The molecule has 0 aromatic heterocycles. The van der Waals surface area contributed by atoms with Gasteiger partial charge in [0.15, 0.2) is 0 Å². The summed E-state index contributed by atoms with van der Waals surface area (Å²) in [6, 6.07) is 2.70. The molecule has 0 saturated heterocycles. The molecular formula is C9H9BrF3N. The molecule has 1 rings (SSSR count). The molecule has 78 valence electrons. The molecule has 0 heterocycles. The molecule has 0 atom stereocenters. The second kappa shape index (κ2) is 3.81. The van der Waals surface area contributed by atoms with E-state index in [-0.39, 0.29) is 5.56 Å². The summed E-state index contributed by atoms with van der Waals surface area (Å²) < 4.78 is 37.9. The number of alkyl halides is 3. The van der Waals surface area contributed by atoms with Crippen molar-refractivity contribution in [2.45, 2.75) is 13.1 Å². The summed E-state index contributed by atoms with van der Waals surface area (Å²) in [4.78, 5) is 0. The zero-order valence-electron chi connectivity index (χ0n) is 7.67.